The van der Waals surface area contributed by atoms with Crippen molar-refractivity contribution in [2.75, 3.05) is 6.61 Å². The highest BCUT2D eigenvalue weighted by Gasteiger charge is 2.38. The molecule has 36 heavy (non-hydrogen) atoms. The summed E-state index contributed by atoms with van der Waals surface area (Å²) < 4.78 is 5.36. The summed E-state index contributed by atoms with van der Waals surface area (Å²) in [6.07, 6.45) is -9.21. The Balaban J connectivity index is 5.60. The second-order valence-electron chi connectivity index (χ2n) is 7.97. The van der Waals surface area contributed by atoms with Gasteiger partial charge in [-0.05, 0) is 20.3 Å². The molecule has 0 spiro atoms. The van der Waals surface area contributed by atoms with Crippen molar-refractivity contribution in [3.8, 4) is 0 Å². The number of carboxylic acid groups (broad SMARTS) is 1. The van der Waals surface area contributed by atoms with Crippen molar-refractivity contribution in [1.29, 1.82) is 0 Å². The second-order valence-corrected chi connectivity index (χ2v) is 7.97. The summed E-state index contributed by atoms with van der Waals surface area (Å²) in [4.78, 5) is 70.3. The van der Waals surface area contributed by atoms with Crippen molar-refractivity contribution in [3.63, 3.8) is 0 Å². The molecule has 0 aliphatic carbocycles. The molecule has 0 unspecified atom stereocenters. The average molecular weight is 523 g/mol. The molecule has 4 amide bonds. The molecule has 0 aromatic heterocycles. The van der Waals surface area contributed by atoms with Crippen molar-refractivity contribution in [3.05, 3.63) is 0 Å². The van der Waals surface area contributed by atoms with Gasteiger partial charge in [0.1, 0.15) is 48.8 Å². The fourth-order valence-electron chi connectivity index (χ4n) is 2.92. The smallest absolute Gasteiger partial charge is 0.303 e. The van der Waals surface area contributed by atoms with E-state index in [1.54, 1.807) is 0 Å². The zero-order valence-electron chi connectivity index (χ0n) is 20.0. The first-order valence-electron chi connectivity index (χ1n) is 10.8. The second kappa shape index (κ2) is 15.7. The third-order valence-electron chi connectivity index (χ3n) is 4.89. The van der Waals surface area contributed by atoms with Crippen LogP contribution in [-0.2, 0) is 33.5 Å². The van der Waals surface area contributed by atoms with Crippen molar-refractivity contribution in [2.45, 2.75) is 82.3 Å². The van der Waals surface area contributed by atoms with Crippen LogP contribution < -0.4 is 21.7 Å². The Morgan fingerprint density at radius 2 is 1.58 bits per heavy atom. The standard InChI is InChI=1S/C20H34N4O12/c1-8(27)15(20(35)23-11(18(21)33)4-5-14(30)31)24-19(34)9(2)36-17(16(32)13(29)7-26)12(6-25)22-10(3)28/h6,8-9,11-13,15-17,26-27,29,32H,4-5,7H2,1-3H3,(H2,21,33)(H,22,28)(H,23,35)(H,24,34)(H,30,31)/t8-,9-,11-,12+,13-,15+,16-,17-/m1/s1. The highest BCUT2D eigenvalue weighted by Crippen LogP contribution is 2.13. The van der Waals surface area contributed by atoms with Crippen LogP contribution in [0.5, 0.6) is 0 Å². The van der Waals surface area contributed by atoms with Crippen molar-refractivity contribution in [1.82, 2.24) is 16.0 Å². The molecule has 206 valence electrons. The van der Waals surface area contributed by atoms with Crippen molar-refractivity contribution >= 4 is 35.9 Å². The van der Waals surface area contributed by atoms with E-state index in [-0.39, 0.29) is 12.7 Å². The first-order chi connectivity index (χ1) is 16.7. The number of carbonyl (C=O) groups excluding carboxylic acids is 5. The maximum absolute atomic E-state index is 12.7. The zero-order valence-corrected chi connectivity index (χ0v) is 20.0. The Bertz CT molecular complexity index is 793. The summed E-state index contributed by atoms with van der Waals surface area (Å²) in [5.74, 6) is -5.13. The first kappa shape index (κ1) is 32.8. The zero-order chi connectivity index (χ0) is 28.2. The van der Waals surface area contributed by atoms with Crippen LogP contribution in [0.15, 0.2) is 0 Å². The Labute approximate surface area is 206 Å². The van der Waals surface area contributed by atoms with Gasteiger partial charge < -0.3 is 56.7 Å². The molecular weight excluding hydrogens is 488 g/mol. The van der Waals surface area contributed by atoms with Crippen LogP contribution in [0.2, 0.25) is 0 Å². The van der Waals surface area contributed by atoms with Crippen LogP contribution in [0.3, 0.4) is 0 Å². The molecule has 0 aromatic carbocycles. The Kier molecular flexibility index (Phi) is 14.4. The number of nitrogens with one attached hydrogen (secondary N) is 3. The summed E-state index contributed by atoms with van der Waals surface area (Å²) in [6, 6.07) is -4.62. The number of rotatable bonds is 17. The lowest BCUT2D eigenvalue weighted by Gasteiger charge is -2.32. The van der Waals surface area contributed by atoms with Gasteiger partial charge in [-0.15, -0.1) is 0 Å². The SMILES string of the molecule is CC(=O)N[C@@H](C=O)[C@@H](O[C@H](C)C(=O)N[C@H](C(=O)N[C@H](CCC(=O)O)C(N)=O)[C@@H](C)O)[C@H](O)[C@H](O)CO. The van der Waals surface area contributed by atoms with Crippen LogP contribution in [0.1, 0.15) is 33.6 Å². The van der Waals surface area contributed by atoms with Gasteiger partial charge in [0.05, 0.1) is 12.7 Å². The number of aliphatic hydroxyl groups excluding tert-OH is 4. The summed E-state index contributed by atoms with van der Waals surface area (Å²) in [7, 11) is 0. The number of primary amides is 1. The van der Waals surface area contributed by atoms with E-state index in [1.807, 2.05) is 0 Å². The highest BCUT2D eigenvalue weighted by atomic mass is 16.5. The van der Waals surface area contributed by atoms with Gasteiger partial charge in [-0.2, -0.15) is 0 Å². The number of carbonyl (C=O) groups is 6. The molecule has 16 heteroatoms. The van der Waals surface area contributed by atoms with Gasteiger partial charge in [-0.1, -0.05) is 0 Å². The van der Waals surface area contributed by atoms with Gasteiger partial charge in [0.15, 0.2) is 0 Å². The van der Waals surface area contributed by atoms with Crippen LogP contribution in [0.4, 0.5) is 0 Å². The summed E-state index contributed by atoms with van der Waals surface area (Å²) >= 11 is 0. The quantitative estimate of drug-likeness (QED) is 0.0811. The van der Waals surface area contributed by atoms with Crippen molar-refractivity contribution < 1.29 is 59.0 Å². The number of carboxylic acids is 1. The fraction of sp³-hybridized carbons (Fsp3) is 0.700. The summed E-state index contributed by atoms with van der Waals surface area (Å²) in [6.45, 7) is 2.38. The molecular formula is C20H34N4O12. The van der Waals surface area contributed by atoms with Crippen molar-refractivity contribution in [2.24, 2.45) is 5.73 Å². The van der Waals surface area contributed by atoms with Crippen LogP contribution in [0.25, 0.3) is 0 Å². The minimum atomic E-state index is -1.94. The number of aldehydes is 1. The molecule has 0 aliphatic rings. The third kappa shape index (κ3) is 11.0. The molecule has 0 saturated heterocycles. The molecule has 0 aliphatic heterocycles. The molecule has 0 bridgehead atoms. The molecule has 8 atom stereocenters. The first-order valence-corrected chi connectivity index (χ1v) is 10.8. The normalized spacial score (nSPS) is 17.8. The Morgan fingerprint density at radius 3 is 2.00 bits per heavy atom. The minimum Gasteiger partial charge on any atom is -0.481 e. The van der Waals surface area contributed by atoms with E-state index in [0.29, 0.717) is 0 Å². The molecule has 10 N–H and O–H groups in total. The Hall–Kier alpha value is -3.18. The van der Waals surface area contributed by atoms with E-state index in [4.69, 9.17) is 20.7 Å². The van der Waals surface area contributed by atoms with Gasteiger partial charge in [-0.25, -0.2) is 0 Å². The molecule has 16 nitrogen and oxygen atoms in total. The largest absolute Gasteiger partial charge is 0.481 e. The number of hydrogen-bond donors (Lipinski definition) is 9. The van der Waals surface area contributed by atoms with Crippen LogP contribution >= 0.6 is 0 Å². The van der Waals surface area contributed by atoms with E-state index in [1.165, 1.54) is 0 Å². The lowest BCUT2D eigenvalue weighted by Crippen LogP contribution is -2.59. The molecule has 0 heterocycles. The molecule has 0 fully saturated rings. The van der Waals surface area contributed by atoms with Gasteiger partial charge in [0.2, 0.25) is 23.6 Å². The van der Waals surface area contributed by atoms with Gasteiger partial charge in [-0.3, -0.25) is 24.0 Å². The third-order valence-corrected chi connectivity index (χ3v) is 4.89. The lowest BCUT2D eigenvalue weighted by atomic mass is 10.0. The summed E-state index contributed by atoms with van der Waals surface area (Å²) in [5, 5.41) is 54.3. The topological polar surface area (TPSA) is 275 Å². The number of hydrogen-bond acceptors (Lipinski definition) is 11. The molecule has 0 rings (SSSR count). The predicted molar refractivity (Wildman–Crippen MR) is 119 cm³/mol. The van der Waals surface area contributed by atoms with Crippen LogP contribution in [0, 0.1) is 0 Å². The monoisotopic (exact) mass is 522 g/mol. The molecule has 0 radical (unpaired) electrons. The number of nitrogens with two attached hydrogens (primary N) is 1. The predicted octanol–water partition coefficient (Wildman–Crippen LogP) is -5.12. The molecule has 0 aromatic rings. The number of ether oxygens (including phenoxy) is 1. The number of aliphatic carboxylic acids is 1. The van der Waals surface area contributed by atoms with E-state index < -0.39 is 91.3 Å². The average Bonchev–Trinajstić information content (AvgIpc) is 2.79. The van der Waals surface area contributed by atoms with Gasteiger partial charge in [0, 0.05) is 13.3 Å². The fourth-order valence-corrected chi connectivity index (χ4v) is 2.92. The van der Waals surface area contributed by atoms with E-state index in [0.717, 1.165) is 20.8 Å². The summed E-state index contributed by atoms with van der Waals surface area (Å²) in [5.41, 5.74) is 5.16. The van der Waals surface area contributed by atoms with Gasteiger partial charge >= 0.3 is 5.97 Å². The van der Waals surface area contributed by atoms with Gasteiger partial charge in [0.25, 0.3) is 0 Å². The highest BCUT2D eigenvalue weighted by molar-refractivity contribution is 5.93. The number of amides is 4. The maximum Gasteiger partial charge on any atom is 0.303 e. The minimum absolute atomic E-state index is 0.178. The lowest BCUT2D eigenvalue weighted by molar-refractivity contribution is -0.158. The maximum atomic E-state index is 12.7. The Morgan fingerprint density at radius 1 is 1.00 bits per heavy atom. The van der Waals surface area contributed by atoms with E-state index in [9.17, 15) is 44.1 Å². The van der Waals surface area contributed by atoms with Crippen LogP contribution in [-0.4, -0.2) is 117 Å². The molecule has 0 saturated carbocycles. The number of aliphatic hydroxyl groups is 4. The van der Waals surface area contributed by atoms with E-state index >= 15 is 0 Å². The van der Waals surface area contributed by atoms with E-state index in [2.05, 4.69) is 16.0 Å².